The molecule has 1 N–H and O–H groups in total. The van der Waals surface area contributed by atoms with E-state index in [0.717, 1.165) is 30.9 Å². The summed E-state index contributed by atoms with van der Waals surface area (Å²) in [6, 6.07) is 2.72. The number of nitrogens with one attached hydrogen (secondary N) is 1. The molecule has 4 nitrogen and oxygen atoms in total. The number of hydrogen-bond acceptors (Lipinski definition) is 4. The third kappa shape index (κ3) is 2.95. The van der Waals surface area contributed by atoms with E-state index in [9.17, 15) is 0 Å². The van der Waals surface area contributed by atoms with Gasteiger partial charge in [0.1, 0.15) is 5.60 Å². The first-order valence-corrected chi connectivity index (χ1v) is 7.43. The molecule has 0 aromatic carbocycles. The first kappa shape index (κ1) is 13.0. The second-order valence-corrected chi connectivity index (χ2v) is 5.79. The Morgan fingerprint density at radius 1 is 1.32 bits per heavy atom. The molecule has 0 saturated heterocycles. The Morgan fingerprint density at radius 2 is 2.11 bits per heavy atom. The Kier molecular flexibility index (Phi) is 3.80. The van der Waals surface area contributed by atoms with Gasteiger partial charge in [0.15, 0.2) is 5.82 Å². The van der Waals surface area contributed by atoms with E-state index in [4.69, 9.17) is 9.72 Å². The second-order valence-electron chi connectivity index (χ2n) is 5.79. The Balaban J connectivity index is 1.75. The molecular weight excluding hydrogens is 238 g/mol. The molecule has 0 amide bonds. The van der Waals surface area contributed by atoms with E-state index in [1.807, 2.05) is 12.3 Å². The number of hydrogen-bond donors (Lipinski definition) is 1. The standard InChI is InChI=1S/C15H23N3O/c1-19-15(8-3-2-4-9-15)14-16-10-7-13(18-14)11-17-12-5-6-12/h7,10,12,17H,2-6,8-9,11H2,1H3. The van der Waals surface area contributed by atoms with Gasteiger partial charge in [-0.2, -0.15) is 0 Å². The largest absolute Gasteiger partial charge is 0.370 e. The lowest BCUT2D eigenvalue weighted by atomic mass is 9.84. The Labute approximate surface area is 115 Å². The lowest BCUT2D eigenvalue weighted by Gasteiger charge is -2.34. The highest BCUT2D eigenvalue weighted by Crippen LogP contribution is 2.38. The van der Waals surface area contributed by atoms with Gasteiger partial charge in [0.05, 0.1) is 5.69 Å². The maximum atomic E-state index is 5.81. The summed E-state index contributed by atoms with van der Waals surface area (Å²) in [5.74, 6) is 0.879. The lowest BCUT2D eigenvalue weighted by molar-refractivity contribution is -0.0516. The van der Waals surface area contributed by atoms with Crippen LogP contribution in [0.2, 0.25) is 0 Å². The van der Waals surface area contributed by atoms with Crippen molar-refractivity contribution >= 4 is 0 Å². The van der Waals surface area contributed by atoms with Gasteiger partial charge < -0.3 is 10.1 Å². The summed E-state index contributed by atoms with van der Waals surface area (Å²) in [7, 11) is 1.80. The molecule has 4 heteroatoms. The molecule has 3 rings (SSSR count). The average Bonchev–Trinajstić information content (AvgIpc) is 3.30. The molecule has 104 valence electrons. The van der Waals surface area contributed by atoms with Crippen molar-refractivity contribution in [1.29, 1.82) is 0 Å². The fourth-order valence-corrected chi connectivity index (χ4v) is 2.89. The minimum absolute atomic E-state index is 0.242. The van der Waals surface area contributed by atoms with Crippen LogP contribution in [0.1, 0.15) is 56.5 Å². The van der Waals surface area contributed by atoms with E-state index in [1.54, 1.807) is 7.11 Å². The van der Waals surface area contributed by atoms with Crippen molar-refractivity contribution in [3.8, 4) is 0 Å². The molecule has 2 saturated carbocycles. The summed E-state index contributed by atoms with van der Waals surface area (Å²) in [5.41, 5.74) is 0.840. The number of rotatable bonds is 5. The molecule has 0 unspecified atom stereocenters. The zero-order valence-corrected chi connectivity index (χ0v) is 11.7. The first-order valence-electron chi connectivity index (χ1n) is 7.43. The van der Waals surface area contributed by atoms with E-state index < -0.39 is 0 Å². The van der Waals surface area contributed by atoms with Crippen molar-refractivity contribution in [2.75, 3.05) is 7.11 Å². The fraction of sp³-hybridized carbons (Fsp3) is 0.733. The molecule has 0 aliphatic heterocycles. The molecular formula is C15H23N3O. The van der Waals surface area contributed by atoms with Crippen molar-refractivity contribution in [2.24, 2.45) is 0 Å². The quantitative estimate of drug-likeness (QED) is 0.885. The van der Waals surface area contributed by atoms with Crippen LogP contribution >= 0.6 is 0 Å². The van der Waals surface area contributed by atoms with Gasteiger partial charge >= 0.3 is 0 Å². The molecule has 0 atom stereocenters. The molecule has 0 radical (unpaired) electrons. The molecule has 0 spiro atoms. The van der Waals surface area contributed by atoms with E-state index in [-0.39, 0.29) is 5.60 Å². The molecule has 19 heavy (non-hydrogen) atoms. The highest BCUT2D eigenvalue weighted by Gasteiger charge is 2.36. The number of methoxy groups -OCH3 is 1. The van der Waals surface area contributed by atoms with Crippen LogP contribution < -0.4 is 5.32 Å². The molecule has 2 aliphatic rings. The summed E-state index contributed by atoms with van der Waals surface area (Å²) < 4.78 is 5.81. The fourth-order valence-electron chi connectivity index (χ4n) is 2.89. The zero-order chi connectivity index (χ0) is 13.1. The Morgan fingerprint density at radius 3 is 2.79 bits per heavy atom. The normalized spacial score (nSPS) is 22.4. The molecule has 1 aromatic heterocycles. The third-order valence-corrected chi connectivity index (χ3v) is 4.32. The van der Waals surface area contributed by atoms with Crippen LogP contribution in [0.5, 0.6) is 0 Å². The van der Waals surface area contributed by atoms with Crippen molar-refractivity contribution in [3.63, 3.8) is 0 Å². The SMILES string of the molecule is COC1(c2nccc(CNC3CC3)n2)CCCCC1. The summed E-state index contributed by atoms with van der Waals surface area (Å²) in [6.45, 7) is 0.847. The minimum Gasteiger partial charge on any atom is -0.370 e. The van der Waals surface area contributed by atoms with E-state index >= 15 is 0 Å². The third-order valence-electron chi connectivity index (χ3n) is 4.32. The number of aromatic nitrogens is 2. The van der Waals surface area contributed by atoms with Gasteiger partial charge in [-0.15, -0.1) is 0 Å². The summed E-state index contributed by atoms with van der Waals surface area (Å²) in [5, 5.41) is 3.50. The summed E-state index contributed by atoms with van der Waals surface area (Å²) >= 11 is 0. The van der Waals surface area contributed by atoms with Crippen molar-refractivity contribution in [1.82, 2.24) is 15.3 Å². The molecule has 0 bridgehead atoms. The van der Waals surface area contributed by atoms with Crippen LogP contribution in [0.15, 0.2) is 12.3 Å². The van der Waals surface area contributed by atoms with Gasteiger partial charge in [-0.05, 0) is 31.7 Å². The van der Waals surface area contributed by atoms with Crippen LogP contribution in [0.3, 0.4) is 0 Å². The van der Waals surface area contributed by atoms with Crippen molar-refractivity contribution < 1.29 is 4.74 Å². The van der Waals surface area contributed by atoms with Crippen LogP contribution in [0.25, 0.3) is 0 Å². The van der Waals surface area contributed by atoms with E-state index in [1.165, 1.54) is 32.1 Å². The summed E-state index contributed by atoms with van der Waals surface area (Å²) in [6.07, 6.45) is 10.3. The topological polar surface area (TPSA) is 47.0 Å². The van der Waals surface area contributed by atoms with Gasteiger partial charge in [0, 0.05) is 25.9 Å². The Hall–Kier alpha value is -1.00. The van der Waals surface area contributed by atoms with Crippen molar-refractivity contribution in [3.05, 3.63) is 23.8 Å². The van der Waals surface area contributed by atoms with Gasteiger partial charge in [-0.1, -0.05) is 19.3 Å². The maximum absolute atomic E-state index is 5.81. The zero-order valence-electron chi connectivity index (χ0n) is 11.7. The highest BCUT2D eigenvalue weighted by molar-refractivity contribution is 5.10. The number of ether oxygens (including phenoxy) is 1. The predicted octanol–water partition coefficient (Wildman–Crippen LogP) is 2.53. The van der Waals surface area contributed by atoms with Crippen LogP contribution in [-0.4, -0.2) is 23.1 Å². The van der Waals surface area contributed by atoms with Gasteiger partial charge in [-0.25, -0.2) is 9.97 Å². The molecule has 2 aliphatic carbocycles. The first-order chi connectivity index (χ1) is 9.32. The average molecular weight is 261 g/mol. The highest BCUT2D eigenvalue weighted by atomic mass is 16.5. The second kappa shape index (κ2) is 5.55. The van der Waals surface area contributed by atoms with Crippen LogP contribution in [-0.2, 0) is 16.9 Å². The summed E-state index contributed by atoms with van der Waals surface area (Å²) in [4.78, 5) is 9.23. The van der Waals surface area contributed by atoms with E-state index in [2.05, 4.69) is 10.3 Å². The van der Waals surface area contributed by atoms with Gasteiger partial charge in [-0.3, -0.25) is 0 Å². The lowest BCUT2D eigenvalue weighted by Crippen LogP contribution is -2.33. The minimum atomic E-state index is -0.242. The predicted molar refractivity (Wildman–Crippen MR) is 73.7 cm³/mol. The van der Waals surface area contributed by atoms with Crippen LogP contribution in [0, 0.1) is 0 Å². The monoisotopic (exact) mass is 261 g/mol. The number of nitrogens with zero attached hydrogens (tertiary/aromatic N) is 2. The molecule has 1 aromatic rings. The maximum Gasteiger partial charge on any atom is 0.160 e. The van der Waals surface area contributed by atoms with Gasteiger partial charge in [0.25, 0.3) is 0 Å². The molecule has 1 heterocycles. The smallest absolute Gasteiger partial charge is 0.160 e. The van der Waals surface area contributed by atoms with Crippen molar-refractivity contribution in [2.45, 2.75) is 63.1 Å². The molecule has 2 fully saturated rings. The Bertz CT molecular complexity index is 425. The van der Waals surface area contributed by atoms with E-state index in [0.29, 0.717) is 6.04 Å². The van der Waals surface area contributed by atoms with Gasteiger partial charge in [0.2, 0.25) is 0 Å². The van der Waals surface area contributed by atoms with Crippen LogP contribution in [0.4, 0.5) is 0 Å².